The third-order valence-corrected chi connectivity index (χ3v) is 3.79. The number of halogens is 3. The summed E-state index contributed by atoms with van der Waals surface area (Å²) in [5, 5.41) is 2.86. The van der Waals surface area contributed by atoms with Gasteiger partial charge < -0.3 is 0 Å². The third-order valence-electron chi connectivity index (χ3n) is 2.59. The first-order chi connectivity index (χ1) is 7.58. The van der Waals surface area contributed by atoms with E-state index >= 15 is 0 Å². The van der Waals surface area contributed by atoms with Crippen molar-refractivity contribution in [1.29, 1.82) is 0 Å². The van der Waals surface area contributed by atoms with Gasteiger partial charge in [-0.1, -0.05) is 0 Å². The lowest BCUT2D eigenvalue weighted by atomic mass is 10.1. The van der Waals surface area contributed by atoms with Crippen molar-refractivity contribution in [3.05, 3.63) is 35.1 Å². The Hall–Kier alpha value is -0.680. The molecule has 1 nitrogen and oxygen atoms in total. The summed E-state index contributed by atoms with van der Waals surface area (Å²) in [5.41, 5.74) is 0.190. The van der Waals surface area contributed by atoms with Gasteiger partial charge in [0.05, 0.1) is 5.37 Å². The summed E-state index contributed by atoms with van der Waals surface area (Å²) in [4.78, 5) is 0. The van der Waals surface area contributed by atoms with Gasteiger partial charge in [-0.3, -0.25) is 5.32 Å². The second kappa shape index (κ2) is 4.67. The molecule has 1 heterocycles. The molecular weight excluding hydrogens is 235 g/mol. The molecule has 0 aromatic heterocycles. The van der Waals surface area contributed by atoms with E-state index in [1.165, 1.54) is 11.8 Å². The summed E-state index contributed by atoms with van der Waals surface area (Å²) < 4.78 is 39.3. The molecule has 1 fully saturated rings. The Morgan fingerprint density at radius 2 is 1.88 bits per heavy atom. The van der Waals surface area contributed by atoms with E-state index in [0.717, 1.165) is 18.2 Å². The molecule has 2 rings (SSSR count). The third kappa shape index (κ3) is 2.35. The van der Waals surface area contributed by atoms with Gasteiger partial charge in [0.25, 0.3) is 0 Å². The Morgan fingerprint density at radius 3 is 2.56 bits per heavy atom. The fraction of sp³-hybridized carbons (Fsp3) is 0.455. The Balaban J connectivity index is 2.29. The highest BCUT2D eigenvalue weighted by molar-refractivity contribution is 7.99. The molecule has 1 saturated heterocycles. The molecule has 1 N–H and O–H groups in total. The van der Waals surface area contributed by atoms with Crippen LogP contribution in [0, 0.1) is 17.5 Å². The van der Waals surface area contributed by atoms with Gasteiger partial charge in [0.15, 0.2) is 11.6 Å². The number of rotatable bonds is 1. The maximum atomic E-state index is 13.5. The van der Waals surface area contributed by atoms with Gasteiger partial charge >= 0.3 is 0 Å². The van der Waals surface area contributed by atoms with Gasteiger partial charge in [0.1, 0.15) is 5.82 Å². The van der Waals surface area contributed by atoms with E-state index in [4.69, 9.17) is 0 Å². The van der Waals surface area contributed by atoms with Crippen LogP contribution in [0.15, 0.2) is 12.1 Å². The Labute approximate surface area is 96.4 Å². The van der Waals surface area contributed by atoms with Crippen LogP contribution in [0.4, 0.5) is 13.2 Å². The lowest BCUT2D eigenvalue weighted by molar-refractivity contribution is 0.470. The van der Waals surface area contributed by atoms with E-state index in [1.807, 2.05) is 6.92 Å². The molecule has 0 aliphatic carbocycles. The van der Waals surface area contributed by atoms with E-state index in [2.05, 4.69) is 5.32 Å². The summed E-state index contributed by atoms with van der Waals surface area (Å²) in [5.74, 6) is -1.96. The first kappa shape index (κ1) is 11.8. The van der Waals surface area contributed by atoms with Crippen LogP contribution in [0.25, 0.3) is 0 Å². The Bertz CT molecular complexity index is 397. The number of nitrogens with one attached hydrogen (secondary N) is 1. The second-order valence-corrected chi connectivity index (χ2v) is 5.11. The molecule has 0 bridgehead atoms. The molecule has 0 radical (unpaired) electrons. The average Bonchev–Trinajstić information content (AvgIpc) is 2.23. The predicted octanol–water partition coefficient (Wildman–Crippen LogP) is 3.22. The summed E-state index contributed by atoms with van der Waals surface area (Å²) in [6.45, 7) is 1.99. The van der Waals surface area contributed by atoms with Crippen LogP contribution in [0.3, 0.4) is 0 Å². The highest BCUT2D eigenvalue weighted by atomic mass is 32.2. The molecule has 0 saturated carbocycles. The smallest absolute Gasteiger partial charge is 0.161 e. The normalized spacial score (nSPS) is 25.8. The van der Waals surface area contributed by atoms with Crippen molar-refractivity contribution in [3.8, 4) is 0 Å². The van der Waals surface area contributed by atoms with Gasteiger partial charge in [0.2, 0.25) is 0 Å². The number of thioether (sulfide) groups is 1. The standard InChI is InChI=1S/C11H12F3NS/c1-6-2-3-16-11(15-6)7-4-9(13)10(14)5-8(7)12/h4-6,11,15H,2-3H2,1H3. The molecular formula is C11H12F3NS. The van der Waals surface area contributed by atoms with Crippen LogP contribution in [-0.2, 0) is 0 Å². The van der Waals surface area contributed by atoms with Crippen molar-refractivity contribution in [2.75, 3.05) is 5.75 Å². The average molecular weight is 247 g/mol. The first-order valence-electron chi connectivity index (χ1n) is 5.10. The number of hydrogen-bond acceptors (Lipinski definition) is 2. The zero-order chi connectivity index (χ0) is 11.7. The largest absolute Gasteiger partial charge is 0.299 e. The summed E-state index contributed by atoms with van der Waals surface area (Å²) in [6, 6.07) is 1.80. The van der Waals surface area contributed by atoms with Gasteiger partial charge in [-0.05, 0) is 25.2 Å². The van der Waals surface area contributed by atoms with Crippen molar-refractivity contribution in [1.82, 2.24) is 5.32 Å². The quantitative estimate of drug-likeness (QED) is 0.765. The van der Waals surface area contributed by atoms with Crippen LogP contribution < -0.4 is 5.32 Å². The predicted molar refractivity (Wildman–Crippen MR) is 58.7 cm³/mol. The van der Waals surface area contributed by atoms with Gasteiger partial charge in [0, 0.05) is 17.7 Å². The Kier molecular flexibility index (Phi) is 3.44. The molecule has 1 aromatic rings. The minimum Gasteiger partial charge on any atom is -0.299 e. The van der Waals surface area contributed by atoms with Crippen LogP contribution in [-0.4, -0.2) is 11.8 Å². The van der Waals surface area contributed by atoms with Gasteiger partial charge in [-0.2, -0.15) is 0 Å². The van der Waals surface area contributed by atoms with Crippen molar-refractivity contribution in [3.63, 3.8) is 0 Å². The minimum atomic E-state index is -1.14. The van der Waals surface area contributed by atoms with E-state index < -0.39 is 17.5 Å². The Morgan fingerprint density at radius 1 is 1.19 bits per heavy atom. The van der Waals surface area contributed by atoms with Crippen molar-refractivity contribution in [2.24, 2.45) is 0 Å². The molecule has 0 amide bonds. The number of hydrogen-bond donors (Lipinski definition) is 1. The summed E-state index contributed by atoms with van der Waals surface area (Å²) in [7, 11) is 0. The van der Waals surface area contributed by atoms with Crippen LogP contribution in [0.1, 0.15) is 24.3 Å². The van der Waals surface area contributed by atoms with E-state index in [9.17, 15) is 13.2 Å². The topological polar surface area (TPSA) is 12.0 Å². The van der Waals surface area contributed by atoms with Crippen molar-refractivity contribution >= 4 is 11.8 Å². The summed E-state index contributed by atoms with van der Waals surface area (Å²) >= 11 is 1.51. The summed E-state index contributed by atoms with van der Waals surface area (Å²) in [6.07, 6.45) is 0.993. The molecule has 2 unspecified atom stereocenters. The van der Waals surface area contributed by atoms with Gasteiger partial charge in [-0.25, -0.2) is 13.2 Å². The molecule has 16 heavy (non-hydrogen) atoms. The minimum absolute atomic E-state index is 0.190. The molecule has 5 heteroatoms. The highest BCUT2D eigenvalue weighted by Crippen LogP contribution is 2.33. The van der Waals surface area contributed by atoms with Gasteiger partial charge in [-0.15, -0.1) is 11.8 Å². The fourth-order valence-electron chi connectivity index (χ4n) is 1.67. The van der Waals surface area contributed by atoms with Crippen LogP contribution in [0.2, 0.25) is 0 Å². The SMILES string of the molecule is CC1CCSC(c2cc(F)c(F)cc2F)N1. The molecule has 1 aliphatic rings. The molecule has 2 atom stereocenters. The highest BCUT2D eigenvalue weighted by Gasteiger charge is 2.23. The fourth-order valence-corrected chi connectivity index (χ4v) is 3.09. The maximum absolute atomic E-state index is 13.5. The zero-order valence-electron chi connectivity index (χ0n) is 8.77. The molecule has 1 aliphatic heterocycles. The molecule has 0 spiro atoms. The second-order valence-electron chi connectivity index (χ2n) is 3.90. The van der Waals surface area contributed by atoms with Crippen molar-refractivity contribution < 1.29 is 13.2 Å². The van der Waals surface area contributed by atoms with Crippen molar-refractivity contribution in [2.45, 2.75) is 24.8 Å². The van der Waals surface area contributed by atoms with E-state index in [-0.39, 0.29) is 17.0 Å². The molecule has 1 aromatic carbocycles. The lowest BCUT2D eigenvalue weighted by Crippen LogP contribution is -2.34. The zero-order valence-corrected chi connectivity index (χ0v) is 9.58. The lowest BCUT2D eigenvalue weighted by Gasteiger charge is -2.28. The van der Waals surface area contributed by atoms with Crippen LogP contribution in [0.5, 0.6) is 0 Å². The maximum Gasteiger partial charge on any atom is 0.161 e. The monoisotopic (exact) mass is 247 g/mol. The van der Waals surface area contributed by atoms with Crippen LogP contribution >= 0.6 is 11.8 Å². The molecule has 88 valence electrons. The first-order valence-corrected chi connectivity index (χ1v) is 6.15. The van der Waals surface area contributed by atoms with E-state index in [1.54, 1.807) is 0 Å². The van der Waals surface area contributed by atoms with E-state index in [0.29, 0.717) is 6.07 Å². The number of benzene rings is 1.